The second kappa shape index (κ2) is 8.87. The smallest absolute Gasteiger partial charge is 0.387 e. The Bertz CT molecular complexity index is 1010. The maximum absolute atomic E-state index is 12.3. The Labute approximate surface area is 163 Å². The van der Waals surface area contributed by atoms with E-state index < -0.39 is 18.5 Å². The number of benzene rings is 1. The van der Waals surface area contributed by atoms with Gasteiger partial charge in [0.05, 0.1) is 18.7 Å². The molecule has 9 nitrogen and oxygen atoms in total. The molecule has 0 radical (unpaired) electrons. The van der Waals surface area contributed by atoms with E-state index >= 15 is 0 Å². The van der Waals surface area contributed by atoms with Gasteiger partial charge in [-0.25, -0.2) is 9.97 Å². The molecular weight excluding hydrogens is 388 g/mol. The second-order valence-electron chi connectivity index (χ2n) is 5.73. The molecule has 150 valence electrons. The van der Waals surface area contributed by atoms with Gasteiger partial charge in [-0.2, -0.15) is 13.9 Å². The highest BCUT2D eigenvalue weighted by atomic mass is 19.3. The van der Waals surface area contributed by atoms with Crippen molar-refractivity contribution in [2.24, 2.45) is 0 Å². The molecule has 2 N–H and O–H groups in total. The van der Waals surface area contributed by atoms with Gasteiger partial charge in [0.25, 0.3) is 5.91 Å². The standard InChI is InChI=1S/C18H15F2N5O4/c19-17(20)29-12-3-1-11(2-4-12)13-5-8-21-18(22-13)23-16(28)14-6-9-25(24-14)10-7-15(26)27/h1-6,8-9,17H,7,10H2,(H,26,27)(H,21,22,23,28). The molecule has 3 aromatic rings. The van der Waals surface area contributed by atoms with Crippen LogP contribution in [0.1, 0.15) is 16.9 Å². The summed E-state index contributed by atoms with van der Waals surface area (Å²) >= 11 is 0. The normalized spacial score (nSPS) is 10.7. The largest absolute Gasteiger partial charge is 0.481 e. The summed E-state index contributed by atoms with van der Waals surface area (Å²) in [6.45, 7) is -2.77. The molecule has 0 aliphatic rings. The maximum atomic E-state index is 12.3. The van der Waals surface area contributed by atoms with E-state index in [0.29, 0.717) is 11.3 Å². The monoisotopic (exact) mass is 403 g/mol. The van der Waals surface area contributed by atoms with E-state index in [1.807, 2.05) is 0 Å². The molecule has 2 aromatic heterocycles. The van der Waals surface area contributed by atoms with Crippen molar-refractivity contribution < 1.29 is 28.2 Å². The van der Waals surface area contributed by atoms with Crippen LogP contribution >= 0.6 is 0 Å². The maximum Gasteiger partial charge on any atom is 0.387 e. The lowest BCUT2D eigenvalue weighted by molar-refractivity contribution is -0.137. The summed E-state index contributed by atoms with van der Waals surface area (Å²) in [5, 5.41) is 15.2. The number of amides is 1. The number of aliphatic carboxylic acids is 1. The summed E-state index contributed by atoms with van der Waals surface area (Å²) in [5.41, 5.74) is 1.16. The van der Waals surface area contributed by atoms with Crippen molar-refractivity contribution in [3.63, 3.8) is 0 Å². The van der Waals surface area contributed by atoms with Crippen LogP contribution in [0.3, 0.4) is 0 Å². The fourth-order valence-corrected chi connectivity index (χ4v) is 2.37. The molecular formula is C18H15F2N5O4. The zero-order valence-electron chi connectivity index (χ0n) is 14.8. The Morgan fingerprint density at radius 1 is 1.17 bits per heavy atom. The number of rotatable bonds is 8. The molecule has 0 fully saturated rings. The Hall–Kier alpha value is -3.89. The van der Waals surface area contributed by atoms with Gasteiger partial charge in [0.2, 0.25) is 5.95 Å². The molecule has 0 saturated carbocycles. The van der Waals surface area contributed by atoms with Gasteiger partial charge in [0.15, 0.2) is 5.69 Å². The average Bonchev–Trinajstić information content (AvgIpc) is 3.16. The third-order valence-electron chi connectivity index (χ3n) is 3.68. The zero-order valence-corrected chi connectivity index (χ0v) is 14.8. The lowest BCUT2D eigenvalue weighted by Gasteiger charge is -2.07. The van der Waals surface area contributed by atoms with Crippen LogP contribution in [0.15, 0.2) is 48.8 Å². The van der Waals surface area contributed by atoms with Gasteiger partial charge in [-0.3, -0.25) is 19.6 Å². The van der Waals surface area contributed by atoms with Gasteiger partial charge in [-0.15, -0.1) is 0 Å². The van der Waals surface area contributed by atoms with Crippen LogP contribution < -0.4 is 10.1 Å². The minimum Gasteiger partial charge on any atom is -0.481 e. The van der Waals surface area contributed by atoms with Crippen molar-refractivity contribution in [3.05, 3.63) is 54.5 Å². The molecule has 29 heavy (non-hydrogen) atoms. The van der Waals surface area contributed by atoms with E-state index in [0.717, 1.165) is 0 Å². The van der Waals surface area contributed by atoms with Crippen LogP contribution in [0.4, 0.5) is 14.7 Å². The summed E-state index contributed by atoms with van der Waals surface area (Å²) in [5.74, 6) is -1.48. The molecule has 0 aliphatic carbocycles. The Kier molecular flexibility index (Phi) is 6.07. The first-order chi connectivity index (χ1) is 13.9. The molecule has 0 bridgehead atoms. The number of carboxylic acids is 1. The van der Waals surface area contributed by atoms with Crippen molar-refractivity contribution in [1.82, 2.24) is 19.7 Å². The van der Waals surface area contributed by atoms with E-state index in [1.165, 1.54) is 35.3 Å². The van der Waals surface area contributed by atoms with Gasteiger partial charge in [0.1, 0.15) is 5.75 Å². The van der Waals surface area contributed by atoms with Crippen molar-refractivity contribution in [1.29, 1.82) is 0 Å². The van der Waals surface area contributed by atoms with Gasteiger partial charge in [0, 0.05) is 18.0 Å². The number of ether oxygens (including phenoxy) is 1. The van der Waals surface area contributed by atoms with Crippen molar-refractivity contribution in [2.45, 2.75) is 19.6 Å². The minimum atomic E-state index is -2.91. The van der Waals surface area contributed by atoms with E-state index in [-0.39, 0.29) is 30.4 Å². The van der Waals surface area contributed by atoms with Gasteiger partial charge < -0.3 is 9.84 Å². The van der Waals surface area contributed by atoms with Gasteiger partial charge in [-0.05, 0) is 36.4 Å². The molecule has 2 heterocycles. The number of alkyl halides is 2. The number of aryl methyl sites for hydroxylation is 1. The second-order valence-corrected chi connectivity index (χ2v) is 5.73. The number of carbonyl (C=O) groups is 2. The highest BCUT2D eigenvalue weighted by Gasteiger charge is 2.13. The summed E-state index contributed by atoms with van der Waals surface area (Å²) in [7, 11) is 0. The summed E-state index contributed by atoms with van der Waals surface area (Å²) in [4.78, 5) is 31.1. The fourth-order valence-electron chi connectivity index (χ4n) is 2.37. The van der Waals surface area contributed by atoms with E-state index in [9.17, 15) is 18.4 Å². The van der Waals surface area contributed by atoms with Crippen LogP contribution in [-0.2, 0) is 11.3 Å². The number of aromatic nitrogens is 4. The van der Waals surface area contributed by atoms with E-state index in [1.54, 1.807) is 18.2 Å². The molecule has 1 aromatic carbocycles. The summed E-state index contributed by atoms with van der Waals surface area (Å²) in [6, 6.07) is 8.91. The Morgan fingerprint density at radius 2 is 1.93 bits per heavy atom. The van der Waals surface area contributed by atoms with Crippen LogP contribution in [0.5, 0.6) is 5.75 Å². The molecule has 0 spiro atoms. The van der Waals surface area contributed by atoms with Crippen LogP contribution in [0.25, 0.3) is 11.3 Å². The molecule has 0 aliphatic heterocycles. The number of nitrogens with one attached hydrogen (secondary N) is 1. The van der Waals surface area contributed by atoms with Crippen molar-refractivity contribution in [2.75, 3.05) is 5.32 Å². The van der Waals surface area contributed by atoms with Crippen molar-refractivity contribution >= 4 is 17.8 Å². The van der Waals surface area contributed by atoms with E-state index in [2.05, 4.69) is 25.1 Å². The summed E-state index contributed by atoms with van der Waals surface area (Å²) in [6.07, 6.45) is 2.82. The molecule has 0 saturated heterocycles. The van der Waals surface area contributed by atoms with Crippen molar-refractivity contribution in [3.8, 4) is 17.0 Å². The number of nitrogens with zero attached hydrogens (tertiary/aromatic N) is 4. The van der Waals surface area contributed by atoms with E-state index in [4.69, 9.17) is 5.11 Å². The predicted octanol–water partition coefficient (Wildman–Crippen LogP) is 2.67. The number of carboxylic acid groups (broad SMARTS) is 1. The zero-order chi connectivity index (χ0) is 20.8. The first kappa shape index (κ1) is 19.9. The van der Waals surface area contributed by atoms with Crippen LogP contribution in [0.2, 0.25) is 0 Å². The van der Waals surface area contributed by atoms with Crippen LogP contribution in [-0.4, -0.2) is 43.3 Å². The molecule has 0 unspecified atom stereocenters. The minimum absolute atomic E-state index is 0.0183. The highest BCUT2D eigenvalue weighted by Crippen LogP contribution is 2.22. The number of hydrogen-bond donors (Lipinski definition) is 2. The highest BCUT2D eigenvalue weighted by molar-refractivity contribution is 6.01. The molecule has 3 rings (SSSR count). The quantitative estimate of drug-likeness (QED) is 0.593. The average molecular weight is 403 g/mol. The first-order valence-electron chi connectivity index (χ1n) is 8.35. The number of hydrogen-bond acceptors (Lipinski definition) is 6. The number of carbonyl (C=O) groups excluding carboxylic acids is 1. The summed E-state index contributed by atoms with van der Waals surface area (Å²) < 4.78 is 30.1. The number of halogens is 2. The number of anilines is 1. The van der Waals surface area contributed by atoms with Gasteiger partial charge >= 0.3 is 12.6 Å². The SMILES string of the molecule is O=C(O)CCn1ccc(C(=O)Nc2nccc(-c3ccc(OC(F)F)cc3)n2)n1. The molecule has 11 heteroatoms. The third-order valence-corrected chi connectivity index (χ3v) is 3.68. The molecule has 1 amide bonds. The lowest BCUT2D eigenvalue weighted by Crippen LogP contribution is -2.16. The first-order valence-corrected chi connectivity index (χ1v) is 8.35. The topological polar surface area (TPSA) is 119 Å². The predicted molar refractivity (Wildman–Crippen MR) is 96.5 cm³/mol. The third kappa shape index (κ3) is 5.54. The van der Waals surface area contributed by atoms with Crippen LogP contribution in [0, 0.1) is 0 Å². The Balaban J connectivity index is 1.68. The molecule has 0 atom stereocenters. The fraction of sp³-hybridized carbons (Fsp3) is 0.167. The van der Waals surface area contributed by atoms with Gasteiger partial charge in [-0.1, -0.05) is 0 Å². The lowest BCUT2D eigenvalue weighted by atomic mass is 10.1. The Morgan fingerprint density at radius 3 is 2.62 bits per heavy atom.